The van der Waals surface area contributed by atoms with Gasteiger partial charge in [-0.2, -0.15) is 13.2 Å². The number of likely N-dealkylation sites (tertiary alicyclic amines) is 1. The van der Waals surface area contributed by atoms with Crippen LogP contribution in [-0.4, -0.2) is 36.5 Å². The van der Waals surface area contributed by atoms with Crippen molar-refractivity contribution in [2.75, 3.05) is 19.6 Å². The number of Topliss-reactive ketones (excluding diaryl/α,β-unsaturated/α-hetero) is 1. The Morgan fingerprint density at radius 3 is 2.57 bits per heavy atom. The molecule has 0 bridgehead atoms. The first-order valence-electron chi connectivity index (χ1n) is 6.94. The van der Waals surface area contributed by atoms with Crippen molar-refractivity contribution in [1.82, 2.24) is 4.90 Å². The van der Waals surface area contributed by atoms with Gasteiger partial charge in [0.15, 0.2) is 5.78 Å². The number of carbonyl (C=O) groups is 1. The summed E-state index contributed by atoms with van der Waals surface area (Å²) in [4.78, 5) is 13.7. The van der Waals surface area contributed by atoms with Gasteiger partial charge in [0.1, 0.15) is 0 Å². The number of halogens is 4. The molecule has 1 fully saturated rings. The van der Waals surface area contributed by atoms with Crippen molar-refractivity contribution < 1.29 is 18.0 Å². The monoisotopic (exact) mass is 319 g/mol. The van der Waals surface area contributed by atoms with E-state index in [9.17, 15) is 18.0 Å². The largest absolute Gasteiger partial charge is 0.393 e. The lowest BCUT2D eigenvalue weighted by atomic mass is 9.97. The molecule has 0 aromatic heterocycles. The van der Waals surface area contributed by atoms with E-state index in [1.807, 2.05) is 0 Å². The average Bonchev–Trinajstić information content (AvgIpc) is 2.45. The molecule has 1 unspecified atom stereocenters. The first-order chi connectivity index (χ1) is 9.86. The predicted molar refractivity (Wildman–Crippen MR) is 75.6 cm³/mol. The van der Waals surface area contributed by atoms with E-state index in [1.165, 1.54) is 0 Å². The molecule has 21 heavy (non-hydrogen) atoms. The molecular weight excluding hydrogens is 303 g/mol. The third kappa shape index (κ3) is 4.71. The van der Waals surface area contributed by atoms with E-state index in [2.05, 4.69) is 0 Å². The summed E-state index contributed by atoms with van der Waals surface area (Å²) in [5.41, 5.74) is 0.545. The maximum Gasteiger partial charge on any atom is 0.393 e. The zero-order chi connectivity index (χ0) is 15.5. The quantitative estimate of drug-likeness (QED) is 0.776. The first-order valence-corrected chi connectivity index (χ1v) is 7.32. The van der Waals surface area contributed by atoms with Gasteiger partial charge in [-0.3, -0.25) is 4.79 Å². The molecular formula is C15H17ClF3NO. The second kappa shape index (κ2) is 6.79. The number of rotatable bonds is 4. The summed E-state index contributed by atoms with van der Waals surface area (Å²) in [6.45, 7) is 0.992. The van der Waals surface area contributed by atoms with Crippen LogP contribution >= 0.6 is 11.6 Å². The number of carbonyl (C=O) groups excluding carboxylic acids is 1. The van der Waals surface area contributed by atoms with E-state index in [0.717, 1.165) is 0 Å². The molecule has 0 aliphatic carbocycles. The van der Waals surface area contributed by atoms with Crippen LogP contribution < -0.4 is 0 Å². The van der Waals surface area contributed by atoms with E-state index >= 15 is 0 Å². The van der Waals surface area contributed by atoms with Crippen molar-refractivity contribution in [1.29, 1.82) is 0 Å². The summed E-state index contributed by atoms with van der Waals surface area (Å²) < 4.78 is 38.1. The number of benzene rings is 1. The van der Waals surface area contributed by atoms with Crippen LogP contribution in [0, 0.1) is 5.92 Å². The van der Waals surface area contributed by atoms with E-state index in [1.54, 1.807) is 29.2 Å². The van der Waals surface area contributed by atoms with Gasteiger partial charge in [0.2, 0.25) is 0 Å². The van der Waals surface area contributed by atoms with Gasteiger partial charge in [0.05, 0.1) is 5.92 Å². The summed E-state index contributed by atoms with van der Waals surface area (Å²) in [5, 5.41) is 0.551. The molecule has 0 N–H and O–H groups in total. The number of hydrogen-bond donors (Lipinski definition) is 0. The number of hydrogen-bond acceptors (Lipinski definition) is 2. The van der Waals surface area contributed by atoms with E-state index in [4.69, 9.17) is 11.6 Å². The highest BCUT2D eigenvalue weighted by molar-refractivity contribution is 6.30. The normalized spacial score (nSPS) is 20.5. The van der Waals surface area contributed by atoms with Crippen molar-refractivity contribution in [3.63, 3.8) is 0 Å². The Morgan fingerprint density at radius 1 is 1.29 bits per heavy atom. The van der Waals surface area contributed by atoms with Crippen LogP contribution in [0.2, 0.25) is 5.02 Å². The molecule has 116 valence electrons. The van der Waals surface area contributed by atoms with Gasteiger partial charge in [0.25, 0.3) is 0 Å². The predicted octanol–water partition coefficient (Wildman–Crippen LogP) is 4.19. The lowest BCUT2D eigenvalue weighted by Crippen LogP contribution is -2.42. The minimum absolute atomic E-state index is 0.00258. The van der Waals surface area contributed by atoms with Crippen LogP contribution in [0.3, 0.4) is 0 Å². The van der Waals surface area contributed by atoms with Crippen molar-refractivity contribution in [2.45, 2.75) is 25.4 Å². The fraction of sp³-hybridized carbons (Fsp3) is 0.533. The third-order valence-corrected chi connectivity index (χ3v) is 4.04. The van der Waals surface area contributed by atoms with Crippen molar-refractivity contribution in [3.05, 3.63) is 34.9 Å². The van der Waals surface area contributed by atoms with Crippen LogP contribution in [0.5, 0.6) is 0 Å². The SMILES string of the molecule is O=C(CCN1CCCC(C(F)(F)F)C1)c1ccc(Cl)cc1. The smallest absolute Gasteiger partial charge is 0.302 e. The van der Waals surface area contributed by atoms with E-state index < -0.39 is 12.1 Å². The van der Waals surface area contributed by atoms with Gasteiger partial charge >= 0.3 is 6.18 Å². The lowest BCUT2D eigenvalue weighted by Gasteiger charge is -2.33. The molecule has 1 aromatic carbocycles. The summed E-state index contributed by atoms with van der Waals surface area (Å²) in [6.07, 6.45) is -3.20. The van der Waals surface area contributed by atoms with Crippen molar-refractivity contribution >= 4 is 17.4 Å². The Bertz CT molecular complexity index is 487. The minimum atomic E-state index is -4.14. The van der Waals surface area contributed by atoms with Crippen molar-refractivity contribution in [3.8, 4) is 0 Å². The maximum absolute atomic E-state index is 12.7. The number of ketones is 1. The Kier molecular flexibility index (Phi) is 5.27. The molecule has 0 spiro atoms. The summed E-state index contributed by atoms with van der Waals surface area (Å²) in [6, 6.07) is 6.55. The van der Waals surface area contributed by atoms with E-state index in [-0.39, 0.29) is 25.2 Å². The molecule has 0 amide bonds. The highest BCUT2D eigenvalue weighted by atomic mass is 35.5. The lowest BCUT2D eigenvalue weighted by molar-refractivity contribution is -0.186. The number of alkyl halides is 3. The van der Waals surface area contributed by atoms with Crippen molar-refractivity contribution in [2.24, 2.45) is 5.92 Å². The standard InChI is InChI=1S/C15H17ClF3NO/c16-13-5-3-11(4-6-13)14(21)7-9-20-8-1-2-12(10-20)15(17,18)19/h3-6,12H,1-2,7-10H2. The van der Waals surface area contributed by atoms with Gasteiger partial charge in [0, 0.05) is 30.1 Å². The summed E-state index contributed by atoms with van der Waals surface area (Å²) in [5.74, 6) is -1.34. The van der Waals surface area contributed by atoms with Gasteiger partial charge < -0.3 is 4.90 Å². The molecule has 2 nitrogen and oxygen atoms in total. The molecule has 1 saturated heterocycles. The number of nitrogens with zero attached hydrogens (tertiary/aromatic N) is 1. The zero-order valence-corrected chi connectivity index (χ0v) is 12.3. The summed E-state index contributed by atoms with van der Waals surface area (Å²) >= 11 is 5.75. The Balaban J connectivity index is 1.85. The minimum Gasteiger partial charge on any atom is -0.302 e. The molecule has 1 aliphatic rings. The topological polar surface area (TPSA) is 20.3 Å². The Labute approximate surface area is 126 Å². The second-order valence-corrected chi connectivity index (χ2v) is 5.80. The highest BCUT2D eigenvalue weighted by Crippen LogP contribution is 2.33. The highest BCUT2D eigenvalue weighted by Gasteiger charge is 2.41. The summed E-state index contributed by atoms with van der Waals surface area (Å²) in [7, 11) is 0. The van der Waals surface area contributed by atoms with E-state index in [0.29, 0.717) is 30.1 Å². The molecule has 0 radical (unpaired) electrons. The van der Waals surface area contributed by atoms with Gasteiger partial charge in [-0.25, -0.2) is 0 Å². The van der Waals surface area contributed by atoms with Crippen LogP contribution in [-0.2, 0) is 0 Å². The Morgan fingerprint density at radius 2 is 1.95 bits per heavy atom. The molecule has 1 aromatic rings. The molecule has 1 atom stereocenters. The first kappa shape index (κ1) is 16.3. The van der Waals surface area contributed by atoms with Crippen LogP contribution in [0.15, 0.2) is 24.3 Å². The van der Waals surface area contributed by atoms with Crippen LogP contribution in [0.4, 0.5) is 13.2 Å². The second-order valence-electron chi connectivity index (χ2n) is 5.36. The maximum atomic E-state index is 12.7. The molecule has 1 aliphatic heterocycles. The average molecular weight is 320 g/mol. The molecule has 1 heterocycles. The van der Waals surface area contributed by atoms with Gasteiger partial charge in [-0.1, -0.05) is 11.6 Å². The fourth-order valence-corrected chi connectivity index (χ4v) is 2.69. The zero-order valence-electron chi connectivity index (χ0n) is 11.5. The van der Waals surface area contributed by atoms with Crippen LogP contribution in [0.25, 0.3) is 0 Å². The third-order valence-electron chi connectivity index (χ3n) is 3.79. The van der Waals surface area contributed by atoms with Crippen LogP contribution in [0.1, 0.15) is 29.6 Å². The molecule has 6 heteroatoms. The van der Waals surface area contributed by atoms with Gasteiger partial charge in [-0.05, 0) is 43.7 Å². The Hall–Kier alpha value is -1.07. The number of piperidine rings is 1. The molecule has 0 saturated carbocycles. The molecule has 2 rings (SSSR count). The fourth-order valence-electron chi connectivity index (χ4n) is 2.57. The van der Waals surface area contributed by atoms with Gasteiger partial charge in [-0.15, -0.1) is 0 Å².